The quantitative estimate of drug-likeness (QED) is 0.326. The summed E-state index contributed by atoms with van der Waals surface area (Å²) in [7, 11) is 0. The molecule has 1 heterocycles. The van der Waals surface area contributed by atoms with Gasteiger partial charge in [-0.05, 0) is 73.5 Å². The van der Waals surface area contributed by atoms with E-state index >= 15 is 0 Å². The van der Waals surface area contributed by atoms with Gasteiger partial charge >= 0.3 is 0 Å². The van der Waals surface area contributed by atoms with Gasteiger partial charge in [0.2, 0.25) is 0 Å². The van der Waals surface area contributed by atoms with Gasteiger partial charge in [0.25, 0.3) is 5.91 Å². The summed E-state index contributed by atoms with van der Waals surface area (Å²) < 4.78 is 12.5. The second-order valence-electron chi connectivity index (χ2n) is 7.04. The molecule has 152 valence electrons. The highest BCUT2D eigenvalue weighted by atomic mass is 79.9. The molecule has 0 aliphatic rings. The van der Waals surface area contributed by atoms with Crippen molar-refractivity contribution in [3.8, 4) is 11.5 Å². The lowest BCUT2D eigenvalue weighted by Crippen LogP contribution is -2.22. The molecule has 4 nitrogen and oxygen atoms in total. The number of hydrogen-bond donors (Lipinski definition) is 1. The number of amides is 1. The molecule has 3 aromatic carbocycles. The molecule has 1 aromatic heterocycles. The summed E-state index contributed by atoms with van der Waals surface area (Å²) >= 11 is 9.50. The summed E-state index contributed by atoms with van der Waals surface area (Å²) in [5.74, 6) is 1.54. The summed E-state index contributed by atoms with van der Waals surface area (Å²) in [6.07, 6.45) is 0. The molecule has 0 spiro atoms. The van der Waals surface area contributed by atoms with E-state index in [1.807, 2.05) is 74.5 Å². The van der Waals surface area contributed by atoms with E-state index in [1.54, 1.807) is 0 Å². The second kappa shape index (κ2) is 8.54. The minimum atomic E-state index is -0.239. The SMILES string of the molecule is Cc1cc(Oc2ccc(CNC(=O)c3oc4ccc(Br)cc4c3C)cc2)ccc1Cl. The fourth-order valence-electron chi connectivity index (χ4n) is 3.16. The predicted molar refractivity (Wildman–Crippen MR) is 123 cm³/mol. The van der Waals surface area contributed by atoms with Crippen LogP contribution in [0.2, 0.25) is 5.02 Å². The molecule has 0 saturated heterocycles. The number of fused-ring (bicyclic) bond motifs is 1. The maximum absolute atomic E-state index is 12.6. The molecule has 0 fully saturated rings. The Kier molecular flexibility index (Phi) is 5.84. The topological polar surface area (TPSA) is 51.5 Å². The molecule has 0 saturated carbocycles. The lowest BCUT2D eigenvalue weighted by molar-refractivity contribution is 0.0924. The van der Waals surface area contributed by atoms with Gasteiger partial charge in [0, 0.05) is 27.0 Å². The zero-order valence-corrected chi connectivity index (χ0v) is 18.8. The maximum Gasteiger partial charge on any atom is 0.287 e. The van der Waals surface area contributed by atoms with E-state index in [0.29, 0.717) is 28.7 Å². The Balaban J connectivity index is 1.41. The average Bonchev–Trinajstić information content (AvgIpc) is 3.06. The van der Waals surface area contributed by atoms with Gasteiger partial charge in [-0.2, -0.15) is 0 Å². The van der Waals surface area contributed by atoms with E-state index in [4.69, 9.17) is 20.8 Å². The summed E-state index contributed by atoms with van der Waals surface area (Å²) in [5, 5.41) is 4.55. The Morgan fingerprint density at radius 1 is 1.03 bits per heavy atom. The van der Waals surface area contributed by atoms with Crippen molar-refractivity contribution in [1.29, 1.82) is 0 Å². The highest BCUT2D eigenvalue weighted by molar-refractivity contribution is 9.10. The van der Waals surface area contributed by atoms with E-state index in [-0.39, 0.29) is 5.91 Å². The number of hydrogen-bond acceptors (Lipinski definition) is 3. The number of ether oxygens (including phenoxy) is 1. The maximum atomic E-state index is 12.6. The van der Waals surface area contributed by atoms with Gasteiger partial charge in [0.1, 0.15) is 17.1 Å². The molecule has 4 aromatic rings. The Morgan fingerprint density at radius 2 is 1.77 bits per heavy atom. The van der Waals surface area contributed by atoms with Gasteiger partial charge in [-0.3, -0.25) is 4.79 Å². The van der Waals surface area contributed by atoms with Gasteiger partial charge in [-0.25, -0.2) is 0 Å². The Bertz CT molecular complexity index is 1230. The van der Waals surface area contributed by atoms with Gasteiger partial charge < -0.3 is 14.5 Å². The van der Waals surface area contributed by atoms with Crippen molar-refractivity contribution in [1.82, 2.24) is 5.32 Å². The molecule has 6 heteroatoms. The van der Waals surface area contributed by atoms with Crippen LogP contribution in [-0.4, -0.2) is 5.91 Å². The molecule has 30 heavy (non-hydrogen) atoms. The molecule has 1 N–H and O–H groups in total. The molecule has 0 aliphatic heterocycles. The van der Waals surface area contributed by atoms with Gasteiger partial charge in [0.15, 0.2) is 5.76 Å². The predicted octanol–water partition coefficient (Wildman–Crippen LogP) is 7.19. The van der Waals surface area contributed by atoms with Crippen LogP contribution in [0.3, 0.4) is 0 Å². The molecule has 0 bridgehead atoms. The minimum absolute atomic E-state index is 0.239. The molecule has 0 aliphatic carbocycles. The van der Waals surface area contributed by atoms with Crippen molar-refractivity contribution in [2.75, 3.05) is 0 Å². The summed E-state index contributed by atoms with van der Waals surface area (Å²) in [4.78, 5) is 12.6. The van der Waals surface area contributed by atoms with Gasteiger partial charge in [0.05, 0.1) is 0 Å². The van der Waals surface area contributed by atoms with Crippen LogP contribution < -0.4 is 10.1 Å². The summed E-state index contributed by atoms with van der Waals surface area (Å²) in [6, 6.07) is 18.8. The first-order valence-corrected chi connectivity index (χ1v) is 10.6. The standard InChI is InChI=1S/C24H19BrClNO3/c1-14-11-19(8-9-21(14)26)29-18-6-3-16(4-7-18)13-27-24(28)23-15(2)20-12-17(25)5-10-22(20)30-23/h3-12H,13H2,1-2H3,(H,27,28). The van der Waals surface area contributed by atoms with Crippen molar-refractivity contribution in [2.45, 2.75) is 20.4 Å². The second-order valence-corrected chi connectivity index (χ2v) is 8.36. The van der Waals surface area contributed by atoms with E-state index in [9.17, 15) is 4.79 Å². The average molecular weight is 485 g/mol. The molecule has 4 rings (SSSR count). The van der Waals surface area contributed by atoms with Crippen LogP contribution >= 0.6 is 27.5 Å². The van der Waals surface area contributed by atoms with Crippen LogP contribution in [-0.2, 0) is 6.54 Å². The van der Waals surface area contributed by atoms with Crippen LogP contribution in [0.5, 0.6) is 11.5 Å². The van der Waals surface area contributed by atoms with Gasteiger partial charge in [-0.1, -0.05) is 39.7 Å². The largest absolute Gasteiger partial charge is 0.457 e. The van der Waals surface area contributed by atoms with Crippen LogP contribution in [0.1, 0.15) is 27.2 Å². The zero-order valence-electron chi connectivity index (χ0n) is 16.5. The summed E-state index contributed by atoms with van der Waals surface area (Å²) in [6.45, 7) is 4.21. The van der Waals surface area contributed by atoms with E-state index in [0.717, 1.165) is 32.3 Å². The third-order valence-electron chi connectivity index (χ3n) is 4.85. The minimum Gasteiger partial charge on any atom is -0.457 e. The number of carbonyl (C=O) groups is 1. The smallest absolute Gasteiger partial charge is 0.287 e. The fraction of sp³-hybridized carbons (Fsp3) is 0.125. The Labute approximate surface area is 187 Å². The zero-order chi connectivity index (χ0) is 21.3. The molecule has 0 radical (unpaired) electrons. The summed E-state index contributed by atoms with van der Waals surface area (Å²) in [5.41, 5.74) is 3.44. The molecular formula is C24H19BrClNO3. The van der Waals surface area contributed by atoms with Crippen molar-refractivity contribution in [3.05, 3.63) is 92.6 Å². The number of furan rings is 1. The number of benzene rings is 3. The van der Waals surface area contributed by atoms with Crippen molar-refractivity contribution >= 4 is 44.4 Å². The number of halogens is 2. The normalized spacial score (nSPS) is 10.9. The Hall–Kier alpha value is -2.76. The van der Waals surface area contributed by atoms with E-state index < -0.39 is 0 Å². The first-order chi connectivity index (χ1) is 14.4. The van der Waals surface area contributed by atoms with Crippen molar-refractivity contribution < 1.29 is 13.9 Å². The molecular weight excluding hydrogens is 466 g/mol. The van der Waals surface area contributed by atoms with Crippen molar-refractivity contribution in [3.63, 3.8) is 0 Å². The lowest BCUT2D eigenvalue weighted by Gasteiger charge is -2.09. The van der Waals surface area contributed by atoms with Crippen LogP contribution in [0, 0.1) is 13.8 Å². The third kappa shape index (κ3) is 4.37. The number of rotatable bonds is 5. The number of carbonyl (C=O) groups excluding carboxylic acids is 1. The molecule has 0 unspecified atom stereocenters. The third-order valence-corrected chi connectivity index (χ3v) is 5.76. The first-order valence-electron chi connectivity index (χ1n) is 9.40. The number of aryl methyl sites for hydroxylation is 2. The highest BCUT2D eigenvalue weighted by Gasteiger charge is 2.17. The monoisotopic (exact) mass is 483 g/mol. The highest BCUT2D eigenvalue weighted by Crippen LogP contribution is 2.28. The van der Waals surface area contributed by atoms with E-state index in [2.05, 4.69) is 21.2 Å². The fourth-order valence-corrected chi connectivity index (χ4v) is 3.64. The van der Waals surface area contributed by atoms with E-state index in [1.165, 1.54) is 0 Å². The lowest BCUT2D eigenvalue weighted by atomic mass is 10.1. The van der Waals surface area contributed by atoms with Gasteiger partial charge in [-0.15, -0.1) is 0 Å². The molecule has 1 amide bonds. The molecule has 0 atom stereocenters. The first kappa shape index (κ1) is 20.5. The number of nitrogens with one attached hydrogen (secondary N) is 1. The van der Waals surface area contributed by atoms with Crippen LogP contribution in [0.25, 0.3) is 11.0 Å². The Morgan fingerprint density at radius 3 is 2.50 bits per heavy atom. The van der Waals surface area contributed by atoms with Crippen LogP contribution in [0.15, 0.2) is 69.6 Å². The van der Waals surface area contributed by atoms with Crippen molar-refractivity contribution in [2.24, 2.45) is 0 Å². The van der Waals surface area contributed by atoms with Crippen LogP contribution in [0.4, 0.5) is 0 Å².